The minimum Gasteiger partial charge on any atom is -0.305 e. The van der Waals surface area contributed by atoms with Crippen molar-refractivity contribution in [3.05, 3.63) is 53.3 Å². The summed E-state index contributed by atoms with van der Waals surface area (Å²) in [4.78, 5) is 15.9. The van der Waals surface area contributed by atoms with E-state index in [-0.39, 0.29) is 5.91 Å². The summed E-state index contributed by atoms with van der Waals surface area (Å²) in [5.41, 5.74) is 1.29. The van der Waals surface area contributed by atoms with Crippen molar-refractivity contribution >= 4 is 34.2 Å². The van der Waals surface area contributed by atoms with Crippen LogP contribution in [0.5, 0.6) is 0 Å². The molecule has 0 aliphatic heterocycles. The third-order valence-corrected chi connectivity index (χ3v) is 2.92. The molecule has 2 heterocycles. The summed E-state index contributed by atoms with van der Waals surface area (Å²) >= 11 is 5.68. The van der Waals surface area contributed by atoms with Gasteiger partial charge in [0.25, 0.3) is 5.91 Å². The molecule has 0 unspecified atom stereocenters. The molecule has 0 saturated carbocycles. The quantitative estimate of drug-likeness (QED) is 0.705. The zero-order valence-electron chi connectivity index (χ0n) is 9.72. The molecule has 2 N–H and O–H groups in total. The van der Waals surface area contributed by atoms with Crippen LogP contribution in [0.25, 0.3) is 10.9 Å². The van der Waals surface area contributed by atoms with Gasteiger partial charge in [-0.05, 0) is 24.3 Å². The highest BCUT2D eigenvalue weighted by Crippen LogP contribution is 2.20. The van der Waals surface area contributed by atoms with E-state index < -0.39 is 0 Å². The van der Waals surface area contributed by atoms with Gasteiger partial charge in [-0.1, -0.05) is 23.7 Å². The van der Waals surface area contributed by atoms with E-state index in [1.165, 1.54) is 6.20 Å². The number of anilines is 1. The average Bonchev–Trinajstić information content (AvgIpc) is 2.83. The highest BCUT2D eigenvalue weighted by Gasteiger charge is 2.10. The lowest BCUT2D eigenvalue weighted by Crippen LogP contribution is -2.12. The summed E-state index contributed by atoms with van der Waals surface area (Å²) in [6.07, 6.45) is 1.42. The zero-order valence-corrected chi connectivity index (χ0v) is 10.5. The van der Waals surface area contributed by atoms with Gasteiger partial charge in [0, 0.05) is 11.6 Å². The van der Waals surface area contributed by atoms with Gasteiger partial charge in [-0.2, -0.15) is 5.10 Å². The molecule has 19 heavy (non-hydrogen) atoms. The van der Waals surface area contributed by atoms with Gasteiger partial charge < -0.3 is 5.32 Å². The van der Waals surface area contributed by atoms with Crippen molar-refractivity contribution in [3.63, 3.8) is 0 Å². The fraction of sp³-hybridized carbons (Fsp3) is 0. The van der Waals surface area contributed by atoms with Gasteiger partial charge in [-0.25, -0.2) is 4.98 Å². The van der Waals surface area contributed by atoms with Crippen molar-refractivity contribution in [2.45, 2.75) is 0 Å². The molecule has 0 atom stereocenters. The molecule has 0 saturated heterocycles. The Labute approximate surface area is 113 Å². The Morgan fingerprint density at radius 2 is 2.05 bits per heavy atom. The van der Waals surface area contributed by atoms with Crippen LogP contribution in [0.1, 0.15) is 10.4 Å². The van der Waals surface area contributed by atoms with Gasteiger partial charge >= 0.3 is 0 Å². The third-order valence-electron chi connectivity index (χ3n) is 2.69. The van der Waals surface area contributed by atoms with E-state index >= 15 is 0 Å². The Balaban J connectivity index is 1.89. The average molecular weight is 273 g/mol. The zero-order chi connectivity index (χ0) is 13.2. The molecule has 3 rings (SSSR count). The smallest absolute Gasteiger partial charge is 0.258 e. The van der Waals surface area contributed by atoms with E-state index in [4.69, 9.17) is 11.6 Å². The fourth-order valence-corrected chi connectivity index (χ4v) is 1.86. The number of para-hydroxylation sites is 1. The van der Waals surface area contributed by atoms with Crippen LogP contribution in [-0.4, -0.2) is 21.1 Å². The summed E-state index contributed by atoms with van der Waals surface area (Å²) in [7, 11) is 0. The van der Waals surface area contributed by atoms with Crippen LogP contribution < -0.4 is 5.32 Å². The maximum Gasteiger partial charge on any atom is 0.258 e. The first-order valence-corrected chi connectivity index (χ1v) is 5.98. The molecule has 0 radical (unpaired) electrons. The van der Waals surface area contributed by atoms with Crippen molar-refractivity contribution in [2.24, 2.45) is 0 Å². The number of rotatable bonds is 2. The van der Waals surface area contributed by atoms with Crippen LogP contribution in [-0.2, 0) is 0 Å². The number of carbonyl (C=O) groups excluding carboxylic acids is 1. The minimum atomic E-state index is -0.276. The van der Waals surface area contributed by atoms with Gasteiger partial charge in [0.15, 0.2) is 5.82 Å². The molecule has 0 spiro atoms. The number of H-pyrrole nitrogens is 1. The molecule has 0 aliphatic rings. The topological polar surface area (TPSA) is 70.7 Å². The number of hydrogen-bond donors (Lipinski definition) is 2. The summed E-state index contributed by atoms with van der Waals surface area (Å²) in [5, 5.41) is 10.9. The molecular weight excluding hydrogens is 264 g/mol. The van der Waals surface area contributed by atoms with Gasteiger partial charge in [-0.3, -0.25) is 9.89 Å². The third kappa shape index (κ3) is 2.28. The number of hydrogen-bond acceptors (Lipinski definition) is 3. The van der Waals surface area contributed by atoms with E-state index in [1.807, 2.05) is 24.3 Å². The number of halogens is 1. The van der Waals surface area contributed by atoms with Gasteiger partial charge in [0.2, 0.25) is 0 Å². The monoisotopic (exact) mass is 272 g/mol. The Morgan fingerprint density at radius 1 is 1.21 bits per heavy atom. The SMILES string of the molecule is O=C(Nc1n[nH]c2ccccc12)c1ccc(Cl)nc1. The molecule has 3 aromatic rings. The van der Waals surface area contributed by atoms with Crippen molar-refractivity contribution < 1.29 is 4.79 Å². The normalized spacial score (nSPS) is 10.6. The Kier molecular flexibility index (Phi) is 2.89. The van der Waals surface area contributed by atoms with Crippen molar-refractivity contribution in [2.75, 3.05) is 5.32 Å². The summed E-state index contributed by atoms with van der Waals surface area (Å²) < 4.78 is 0. The lowest BCUT2D eigenvalue weighted by atomic mass is 10.2. The number of carbonyl (C=O) groups is 1. The van der Waals surface area contributed by atoms with E-state index in [2.05, 4.69) is 20.5 Å². The molecule has 0 bridgehead atoms. The number of amides is 1. The van der Waals surface area contributed by atoms with Crippen molar-refractivity contribution in [1.29, 1.82) is 0 Å². The van der Waals surface area contributed by atoms with E-state index in [9.17, 15) is 4.79 Å². The Bertz CT molecular complexity index is 736. The summed E-state index contributed by atoms with van der Waals surface area (Å²) in [6.45, 7) is 0. The highest BCUT2D eigenvalue weighted by molar-refractivity contribution is 6.29. The number of pyridine rings is 1. The number of aromatic nitrogens is 3. The molecule has 0 aliphatic carbocycles. The van der Waals surface area contributed by atoms with Crippen LogP contribution in [0, 0.1) is 0 Å². The second-order valence-corrected chi connectivity index (χ2v) is 4.33. The predicted octanol–water partition coefficient (Wildman–Crippen LogP) is 2.86. The number of fused-ring (bicyclic) bond motifs is 1. The van der Waals surface area contributed by atoms with Crippen LogP contribution in [0.15, 0.2) is 42.6 Å². The van der Waals surface area contributed by atoms with E-state index in [1.54, 1.807) is 12.1 Å². The summed E-state index contributed by atoms with van der Waals surface area (Å²) in [5.74, 6) is 0.219. The predicted molar refractivity (Wildman–Crippen MR) is 73.3 cm³/mol. The Morgan fingerprint density at radius 3 is 2.84 bits per heavy atom. The molecule has 0 fully saturated rings. The van der Waals surface area contributed by atoms with E-state index in [0.717, 1.165) is 10.9 Å². The van der Waals surface area contributed by atoms with Crippen LogP contribution >= 0.6 is 11.6 Å². The van der Waals surface area contributed by atoms with Crippen molar-refractivity contribution in [3.8, 4) is 0 Å². The maximum absolute atomic E-state index is 12.0. The molecule has 1 aromatic carbocycles. The second-order valence-electron chi connectivity index (χ2n) is 3.94. The van der Waals surface area contributed by atoms with Crippen molar-refractivity contribution in [1.82, 2.24) is 15.2 Å². The number of benzene rings is 1. The van der Waals surface area contributed by atoms with Gasteiger partial charge in [0.05, 0.1) is 11.1 Å². The van der Waals surface area contributed by atoms with Crippen LogP contribution in [0.2, 0.25) is 5.15 Å². The Hall–Kier alpha value is -2.40. The van der Waals surface area contributed by atoms with E-state index in [0.29, 0.717) is 16.5 Å². The molecule has 6 heteroatoms. The number of aromatic amines is 1. The molecule has 94 valence electrons. The summed E-state index contributed by atoms with van der Waals surface area (Å²) in [6, 6.07) is 10.7. The first-order chi connectivity index (χ1) is 9.24. The molecule has 1 amide bonds. The maximum atomic E-state index is 12.0. The van der Waals surface area contributed by atoms with Crippen LogP contribution in [0.3, 0.4) is 0 Å². The molecule has 2 aromatic heterocycles. The lowest BCUT2D eigenvalue weighted by molar-refractivity contribution is 0.102. The minimum absolute atomic E-state index is 0.276. The molecule has 5 nitrogen and oxygen atoms in total. The lowest BCUT2D eigenvalue weighted by Gasteiger charge is -2.02. The first kappa shape index (κ1) is 11.7. The number of nitrogens with one attached hydrogen (secondary N) is 2. The molecular formula is C13H9ClN4O. The van der Waals surface area contributed by atoms with Crippen LogP contribution in [0.4, 0.5) is 5.82 Å². The fourth-order valence-electron chi connectivity index (χ4n) is 1.75. The highest BCUT2D eigenvalue weighted by atomic mass is 35.5. The first-order valence-electron chi connectivity index (χ1n) is 5.60. The standard InChI is InChI=1S/C13H9ClN4O/c14-11-6-5-8(7-15-11)13(19)16-12-9-3-1-2-4-10(9)17-18-12/h1-7H,(H2,16,17,18,19). The van der Waals surface area contributed by atoms with Gasteiger partial charge in [-0.15, -0.1) is 0 Å². The largest absolute Gasteiger partial charge is 0.305 e. The second kappa shape index (κ2) is 4.70. The number of nitrogens with zero attached hydrogens (tertiary/aromatic N) is 2. The van der Waals surface area contributed by atoms with Gasteiger partial charge in [0.1, 0.15) is 5.15 Å².